The zero-order valence-electron chi connectivity index (χ0n) is 12.9. The second-order valence-corrected chi connectivity index (χ2v) is 6.88. The van der Waals surface area contributed by atoms with Gasteiger partial charge in [-0.15, -0.1) is 11.8 Å². The fourth-order valence-electron chi connectivity index (χ4n) is 2.32. The van der Waals surface area contributed by atoms with Gasteiger partial charge in [0.25, 0.3) is 0 Å². The number of carbonyl (C=O) groups is 1. The van der Waals surface area contributed by atoms with E-state index in [0.29, 0.717) is 29.5 Å². The average molecular weight is 371 g/mol. The molecule has 1 aromatic heterocycles. The molecule has 1 saturated heterocycles. The van der Waals surface area contributed by atoms with Gasteiger partial charge in [0.2, 0.25) is 17.6 Å². The van der Waals surface area contributed by atoms with Gasteiger partial charge in [0.05, 0.1) is 10.8 Å². The summed E-state index contributed by atoms with van der Waals surface area (Å²) in [5.74, 6) is 0.746. The predicted octanol–water partition coefficient (Wildman–Crippen LogP) is 2.93. The van der Waals surface area contributed by atoms with Crippen molar-refractivity contribution in [2.45, 2.75) is 37.1 Å². The molecule has 128 valence electrons. The number of nitrogens with zero attached hydrogens (tertiary/aromatic N) is 2. The normalized spacial score (nSPS) is 20.9. The van der Waals surface area contributed by atoms with Crippen LogP contribution in [0.25, 0.3) is 11.4 Å². The molecule has 24 heavy (non-hydrogen) atoms. The summed E-state index contributed by atoms with van der Waals surface area (Å²) in [6, 6.07) is 4.43. The largest absolute Gasteiger partial charge is 0.338 e. The highest BCUT2D eigenvalue weighted by atomic mass is 35.5. The average Bonchev–Trinajstić information content (AvgIpc) is 3.04. The van der Waals surface area contributed by atoms with Crippen LogP contribution in [0.2, 0.25) is 5.02 Å². The maximum atomic E-state index is 13.2. The molecule has 1 aliphatic rings. The lowest BCUT2D eigenvalue weighted by molar-refractivity contribution is -0.123. The molecule has 0 aliphatic carbocycles. The van der Waals surface area contributed by atoms with Gasteiger partial charge in [-0.1, -0.05) is 23.7 Å². The number of rotatable bonds is 5. The molecule has 1 fully saturated rings. The van der Waals surface area contributed by atoms with Crippen LogP contribution in [0.1, 0.15) is 25.7 Å². The van der Waals surface area contributed by atoms with Crippen LogP contribution in [0.5, 0.6) is 0 Å². The van der Waals surface area contributed by atoms with E-state index in [9.17, 15) is 9.18 Å². The third-order valence-electron chi connectivity index (χ3n) is 3.62. The second-order valence-electron chi connectivity index (χ2n) is 5.38. The number of nitrogens with one attached hydrogen (secondary N) is 2. The zero-order valence-corrected chi connectivity index (χ0v) is 14.5. The van der Waals surface area contributed by atoms with E-state index >= 15 is 0 Å². The van der Waals surface area contributed by atoms with Gasteiger partial charge in [0, 0.05) is 18.0 Å². The number of aromatic nitrogens is 2. The van der Waals surface area contributed by atoms with Crippen molar-refractivity contribution < 1.29 is 13.7 Å². The molecule has 0 spiro atoms. The van der Waals surface area contributed by atoms with Crippen molar-refractivity contribution in [2.75, 3.05) is 0 Å². The van der Waals surface area contributed by atoms with E-state index < -0.39 is 5.82 Å². The summed E-state index contributed by atoms with van der Waals surface area (Å²) in [4.78, 5) is 15.9. The van der Waals surface area contributed by atoms with E-state index in [-0.39, 0.29) is 22.5 Å². The number of carbonyl (C=O) groups excluding carboxylic acids is 1. The molecule has 2 aromatic rings. The van der Waals surface area contributed by atoms with Crippen molar-refractivity contribution in [3.8, 4) is 11.4 Å². The van der Waals surface area contributed by atoms with Crippen LogP contribution in [-0.4, -0.2) is 27.6 Å². The van der Waals surface area contributed by atoms with E-state index in [2.05, 4.69) is 20.8 Å². The molecule has 2 atom stereocenters. The number of halogens is 2. The fraction of sp³-hybridized carbons (Fsp3) is 0.400. The molecule has 2 N–H and O–H groups in total. The van der Waals surface area contributed by atoms with Crippen molar-refractivity contribution in [3.05, 3.63) is 34.9 Å². The van der Waals surface area contributed by atoms with E-state index in [1.807, 2.05) is 6.92 Å². The van der Waals surface area contributed by atoms with Crippen molar-refractivity contribution in [2.24, 2.45) is 0 Å². The van der Waals surface area contributed by atoms with Gasteiger partial charge in [0.1, 0.15) is 11.3 Å². The number of thioether (sulfide) groups is 1. The molecule has 0 bridgehead atoms. The van der Waals surface area contributed by atoms with Crippen LogP contribution >= 0.6 is 23.4 Å². The third kappa shape index (κ3) is 4.06. The summed E-state index contributed by atoms with van der Waals surface area (Å²) in [5.41, 5.74) is 0.392. The smallest absolute Gasteiger partial charge is 0.237 e. The summed E-state index contributed by atoms with van der Waals surface area (Å²) in [6.07, 6.45) is 1.38. The molecular weight excluding hydrogens is 355 g/mol. The van der Waals surface area contributed by atoms with Gasteiger partial charge in [-0.3, -0.25) is 10.1 Å². The van der Waals surface area contributed by atoms with Crippen LogP contribution in [0.4, 0.5) is 4.39 Å². The SMILES string of the molecule is CCC1CC(=O)NC(SCc2nc(-c3ccc(F)c(Cl)c3)no2)N1. The van der Waals surface area contributed by atoms with Crippen molar-refractivity contribution in [1.82, 2.24) is 20.8 Å². The van der Waals surface area contributed by atoms with E-state index in [4.69, 9.17) is 16.1 Å². The highest BCUT2D eigenvalue weighted by Crippen LogP contribution is 2.24. The third-order valence-corrected chi connectivity index (χ3v) is 4.91. The molecule has 1 aromatic carbocycles. The molecule has 3 rings (SSSR count). The van der Waals surface area contributed by atoms with Gasteiger partial charge in [0.15, 0.2) is 0 Å². The van der Waals surface area contributed by atoms with Gasteiger partial charge >= 0.3 is 0 Å². The molecule has 1 aliphatic heterocycles. The summed E-state index contributed by atoms with van der Waals surface area (Å²) in [6.45, 7) is 2.04. The Morgan fingerprint density at radius 3 is 3.08 bits per heavy atom. The maximum absolute atomic E-state index is 13.2. The lowest BCUT2D eigenvalue weighted by atomic mass is 10.1. The summed E-state index contributed by atoms with van der Waals surface area (Å²) >= 11 is 7.22. The highest BCUT2D eigenvalue weighted by molar-refractivity contribution is 7.99. The summed E-state index contributed by atoms with van der Waals surface area (Å²) < 4.78 is 18.4. The van der Waals surface area contributed by atoms with E-state index in [1.54, 1.807) is 0 Å². The maximum Gasteiger partial charge on any atom is 0.237 e. The Hall–Kier alpha value is -1.64. The number of hydrogen-bond acceptors (Lipinski definition) is 6. The van der Waals surface area contributed by atoms with Gasteiger partial charge in [-0.25, -0.2) is 4.39 Å². The van der Waals surface area contributed by atoms with Crippen molar-refractivity contribution in [1.29, 1.82) is 0 Å². The highest BCUT2D eigenvalue weighted by Gasteiger charge is 2.25. The minimum absolute atomic E-state index is 0.00736. The van der Waals surface area contributed by atoms with Crippen LogP contribution in [-0.2, 0) is 10.5 Å². The Labute approximate surface area is 147 Å². The van der Waals surface area contributed by atoms with Crippen molar-refractivity contribution in [3.63, 3.8) is 0 Å². The molecule has 0 saturated carbocycles. The Morgan fingerprint density at radius 2 is 2.33 bits per heavy atom. The predicted molar refractivity (Wildman–Crippen MR) is 89.8 cm³/mol. The first-order chi connectivity index (χ1) is 11.5. The molecule has 9 heteroatoms. The number of benzene rings is 1. The number of hydrogen-bond donors (Lipinski definition) is 2. The molecule has 2 heterocycles. The van der Waals surface area contributed by atoms with E-state index in [0.717, 1.165) is 6.42 Å². The standard InChI is InChI=1S/C15H16ClFN4O2S/c1-2-9-6-12(22)19-15(18-9)24-7-13-20-14(21-23-13)8-3-4-11(17)10(16)5-8/h3-5,9,15,18H,2,6-7H2,1H3,(H,19,22). The van der Waals surface area contributed by atoms with Crippen LogP contribution in [0.3, 0.4) is 0 Å². The lowest BCUT2D eigenvalue weighted by Gasteiger charge is -2.30. The molecule has 1 amide bonds. The van der Waals surface area contributed by atoms with Crippen LogP contribution in [0, 0.1) is 5.82 Å². The number of amides is 1. The molecule has 2 unspecified atom stereocenters. The zero-order chi connectivity index (χ0) is 17.1. The first-order valence-corrected chi connectivity index (χ1v) is 8.93. The first kappa shape index (κ1) is 17.2. The molecule has 6 nitrogen and oxygen atoms in total. The Kier molecular flexibility index (Phi) is 5.37. The Morgan fingerprint density at radius 1 is 1.50 bits per heavy atom. The monoisotopic (exact) mass is 370 g/mol. The fourth-order valence-corrected chi connectivity index (χ4v) is 3.43. The lowest BCUT2D eigenvalue weighted by Crippen LogP contribution is -2.54. The van der Waals surface area contributed by atoms with Crippen LogP contribution < -0.4 is 10.6 Å². The Balaban J connectivity index is 1.62. The first-order valence-electron chi connectivity index (χ1n) is 7.50. The van der Waals surface area contributed by atoms with Gasteiger partial charge in [-0.2, -0.15) is 4.98 Å². The summed E-state index contributed by atoms with van der Waals surface area (Å²) in [7, 11) is 0. The Bertz CT molecular complexity index is 742. The molecule has 0 radical (unpaired) electrons. The minimum atomic E-state index is -0.496. The minimum Gasteiger partial charge on any atom is -0.338 e. The van der Waals surface area contributed by atoms with Gasteiger partial charge < -0.3 is 9.84 Å². The van der Waals surface area contributed by atoms with Crippen molar-refractivity contribution >= 4 is 29.3 Å². The van der Waals surface area contributed by atoms with Gasteiger partial charge in [-0.05, 0) is 24.6 Å². The topological polar surface area (TPSA) is 80.1 Å². The van der Waals surface area contributed by atoms with E-state index in [1.165, 1.54) is 30.0 Å². The summed E-state index contributed by atoms with van der Waals surface area (Å²) in [5, 5.41) is 10.1. The molecular formula is C15H16ClFN4O2S. The quantitative estimate of drug-likeness (QED) is 0.842. The van der Waals surface area contributed by atoms with Crippen LogP contribution in [0.15, 0.2) is 22.7 Å². The second kappa shape index (κ2) is 7.50.